The number of carbonyl (C=O) groups is 2. The van der Waals surface area contributed by atoms with Gasteiger partial charge in [-0.15, -0.1) is 0 Å². The average Bonchev–Trinajstić information content (AvgIpc) is 2.53. The number of hydrogen-bond donors (Lipinski definition) is 1. The molecule has 0 aliphatic carbocycles. The third-order valence-corrected chi connectivity index (χ3v) is 3.82. The van der Waals surface area contributed by atoms with Gasteiger partial charge in [0.2, 0.25) is 0 Å². The lowest BCUT2D eigenvalue weighted by Crippen LogP contribution is -2.35. The standard InChI is InChI=1S/C19H20ClNO2/c1-19(2,12-17(22)14-8-10-16(20)11-9-14)13-21-18(23)15-6-4-3-5-7-15/h3-11H,12-13H2,1-2H3,(H,21,23). The van der Waals surface area contributed by atoms with Crippen molar-refractivity contribution in [3.05, 3.63) is 70.7 Å². The first-order chi connectivity index (χ1) is 10.9. The molecule has 0 aromatic heterocycles. The molecule has 0 aliphatic heterocycles. The SMILES string of the molecule is CC(C)(CNC(=O)c1ccccc1)CC(=O)c1ccc(Cl)cc1. The van der Waals surface area contributed by atoms with Crippen LogP contribution in [0.15, 0.2) is 54.6 Å². The zero-order chi connectivity index (χ0) is 16.9. The second-order valence-electron chi connectivity index (χ2n) is 6.32. The number of ketones is 1. The first-order valence-electron chi connectivity index (χ1n) is 7.49. The molecule has 0 saturated carbocycles. The van der Waals surface area contributed by atoms with Crippen LogP contribution in [0.3, 0.4) is 0 Å². The highest BCUT2D eigenvalue weighted by molar-refractivity contribution is 6.30. The molecule has 0 saturated heterocycles. The van der Waals surface area contributed by atoms with Crippen molar-refractivity contribution in [2.75, 3.05) is 6.54 Å². The van der Waals surface area contributed by atoms with Gasteiger partial charge in [0.25, 0.3) is 5.91 Å². The van der Waals surface area contributed by atoms with Crippen LogP contribution in [0.1, 0.15) is 41.0 Å². The highest BCUT2D eigenvalue weighted by atomic mass is 35.5. The number of rotatable bonds is 6. The van der Waals surface area contributed by atoms with Crippen LogP contribution in [0, 0.1) is 5.41 Å². The average molecular weight is 330 g/mol. The van der Waals surface area contributed by atoms with Crippen LogP contribution in [0.2, 0.25) is 5.02 Å². The van der Waals surface area contributed by atoms with Crippen LogP contribution in [0.4, 0.5) is 0 Å². The molecule has 2 aromatic carbocycles. The molecule has 1 amide bonds. The number of amides is 1. The van der Waals surface area contributed by atoms with Crippen molar-refractivity contribution >= 4 is 23.3 Å². The highest BCUT2D eigenvalue weighted by Crippen LogP contribution is 2.23. The van der Waals surface area contributed by atoms with Crippen LogP contribution in [0.5, 0.6) is 0 Å². The molecule has 3 nitrogen and oxygen atoms in total. The molecule has 120 valence electrons. The number of carbonyl (C=O) groups excluding carboxylic acids is 2. The van der Waals surface area contributed by atoms with Gasteiger partial charge in [0.05, 0.1) is 0 Å². The maximum Gasteiger partial charge on any atom is 0.251 e. The Labute approximate surface area is 141 Å². The normalized spacial score (nSPS) is 11.1. The summed E-state index contributed by atoms with van der Waals surface area (Å²) in [5.74, 6) is -0.0850. The number of Topliss-reactive ketones (excluding diaryl/α,β-unsaturated/α-hetero) is 1. The fraction of sp³-hybridized carbons (Fsp3) is 0.263. The Hall–Kier alpha value is -2.13. The third-order valence-electron chi connectivity index (χ3n) is 3.57. The Bertz CT molecular complexity index is 678. The molecule has 0 bridgehead atoms. The van der Waals surface area contributed by atoms with Crippen molar-refractivity contribution in [3.8, 4) is 0 Å². The van der Waals surface area contributed by atoms with E-state index in [0.29, 0.717) is 29.1 Å². The smallest absolute Gasteiger partial charge is 0.251 e. The molecule has 0 unspecified atom stereocenters. The Kier molecular flexibility index (Phi) is 5.56. The van der Waals surface area contributed by atoms with E-state index in [-0.39, 0.29) is 17.1 Å². The van der Waals surface area contributed by atoms with Crippen molar-refractivity contribution in [2.45, 2.75) is 20.3 Å². The van der Waals surface area contributed by atoms with Crippen LogP contribution in [0.25, 0.3) is 0 Å². The van der Waals surface area contributed by atoms with Gasteiger partial charge in [-0.05, 0) is 41.8 Å². The molecule has 0 aliphatic rings. The lowest BCUT2D eigenvalue weighted by Gasteiger charge is -2.24. The molecule has 1 N–H and O–H groups in total. The van der Waals surface area contributed by atoms with Gasteiger partial charge >= 0.3 is 0 Å². The maximum absolute atomic E-state index is 12.3. The first kappa shape index (κ1) is 17.2. The summed E-state index contributed by atoms with van der Waals surface area (Å²) in [4.78, 5) is 24.4. The Morgan fingerprint density at radius 1 is 0.957 bits per heavy atom. The van der Waals surface area contributed by atoms with Gasteiger partial charge in [-0.3, -0.25) is 9.59 Å². The van der Waals surface area contributed by atoms with E-state index in [1.165, 1.54) is 0 Å². The summed E-state index contributed by atoms with van der Waals surface area (Å²) in [6.45, 7) is 4.36. The highest BCUT2D eigenvalue weighted by Gasteiger charge is 2.23. The summed E-state index contributed by atoms with van der Waals surface area (Å²) in [6.07, 6.45) is 0.351. The topological polar surface area (TPSA) is 46.2 Å². The van der Waals surface area contributed by atoms with Crippen LogP contribution < -0.4 is 5.32 Å². The monoisotopic (exact) mass is 329 g/mol. The fourth-order valence-electron chi connectivity index (χ4n) is 2.25. The van der Waals surface area contributed by atoms with Crippen molar-refractivity contribution in [3.63, 3.8) is 0 Å². The molecule has 0 fully saturated rings. The Morgan fingerprint density at radius 3 is 2.17 bits per heavy atom. The van der Waals surface area contributed by atoms with Crippen molar-refractivity contribution in [1.29, 1.82) is 0 Å². The second-order valence-corrected chi connectivity index (χ2v) is 6.76. The summed E-state index contributed by atoms with van der Waals surface area (Å²) in [6, 6.07) is 15.9. The van der Waals surface area contributed by atoms with Crippen molar-refractivity contribution in [2.24, 2.45) is 5.41 Å². The molecule has 0 spiro atoms. The van der Waals surface area contributed by atoms with E-state index >= 15 is 0 Å². The summed E-state index contributed by atoms with van der Waals surface area (Å²) in [5.41, 5.74) is 0.922. The lowest BCUT2D eigenvalue weighted by atomic mass is 9.85. The zero-order valence-electron chi connectivity index (χ0n) is 13.3. The van der Waals surface area contributed by atoms with Gasteiger partial charge < -0.3 is 5.32 Å². The van der Waals surface area contributed by atoms with Crippen LogP contribution >= 0.6 is 11.6 Å². The quantitative estimate of drug-likeness (QED) is 0.800. The molecular weight excluding hydrogens is 310 g/mol. The molecular formula is C19H20ClNO2. The summed E-state index contributed by atoms with van der Waals surface area (Å²) < 4.78 is 0. The van der Waals surface area contributed by atoms with Gasteiger partial charge in [-0.2, -0.15) is 0 Å². The lowest BCUT2D eigenvalue weighted by molar-refractivity contribution is 0.0884. The molecule has 23 heavy (non-hydrogen) atoms. The van der Waals surface area contributed by atoms with Gasteiger partial charge in [0.1, 0.15) is 0 Å². The minimum atomic E-state index is -0.332. The van der Waals surface area contributed by atoms with Crippen molar-refractivity contribution in [1.82, 2.24) is 5.32 Å². The second kappa shape index (κ2) is 7.42. The fourth-order valence-corrected chi connectivity index (χ4v) is 2.37. The molecule has 0 radical (unpaired) electrons. The first-order valence-corrected chi connectivity index (χ1v) is 7.87. The number of hydrogen-bond acceptors (Lipinski definition) is 2. The molecule has 0 atom stereocenters. The van der Waals surface area contributed by atoms with E-state index in [4.69, 9.17) is 11.6 Å². The van der Waals surface area contributed by atoms with E-state index in [9.17, 15) is 9.59 Å². The predicted molar refractivity (Wildman–Crippen MR) is 93.0 cm³/mol. The van der Waals surface area contributed by atoms with E-state index in [0.717, 1.165) is 0 Å². The third kappa shape index (κ3) is 5.22. The van der Waals surface area contributed by atoms with Gasteiger partial charge in [0.15, 0.2) is 5.78 Å². The Morgan fingerprint density at radius 2 is 1.57 bits per heavy atom. The van der Waals surface area contributed by atoms with E-state index in [1.54, 1.807) is 36.4 Å². The van der Waals surface area contributed by atoms with Gasteiger partial charge in [-0.1, -0.05) is 43.6 Å². The zero-order valence-corrected chi connectivity index (χ0v) is 14.1. The number of halogens is 1. The van der Waals surface area contributed by atoms with Gasteiger partial charge in [-0.25, -0.2) is 0 Å². The molecule has 2 rings (SSSR count). The van der Waals surface area contributed by atoms with E-state index in [2.05, 4.69) is 5.32 Å². The van der Waals surface area contributed by atoms with E-state index < -0.39 is 0 Å². The Balaban J connectivity index is 1.92. The maximum atomic E-state index is 12.3. The van der Waals surface area contributed by atoms with Gasteiger partial charge in [0, 0.05) is 29.1 Å². The number of benzene rings is 2. The minimum absolute atomic E-state index is 0.0422. The molecule has 2 aromatic rings. The van der Waals surface area contributed by atoms with E-state index in [1.807, 2.05) is 32.0 Å². The summed E-state index contributed by atoms with van der Waals surface area (Å²) >= 11 is 5.83. The van der Waals surface area contributed by atoms with Crippen molar-refractivity contribution < 1.29 is 9.59 Å². The predicted octanol–water partition coefficient (Wildman–Crippen LogP) is 4.37. The van der Waals surface area contributed by atoms with Crippen LogP contribution in [-0.4, -0.2) is 18.2 Å². The largest absolute Gasteiger partial charge is 0.351 e. The molecule has 4 heteroatoms. The summed E-state index contributed by atoms with van der Waals surface area (Å²) in [7, 11) is 0. The molecule has 0 heterocycles. The minimum Gasteiger partial charge on any atom is -0.351 e. The summed E-state index contributed by atoms with van der Waals surface area (Å²) in [5, 5.41) is 3.50. The number of nitrogens with one attached hydrogen (secondary N) is 1. The van der Waals surface area contributed by atoms with Crippen LogP contribution in [-0.2, 0) is 0 Å².